The van der Waals surface area contributed by atoms with E-state index < -0.39 is 6.61 Å². The molecule has 0 spiro atoms. The Labute approximate surface area is 159 Å². The lowest BCUT2D eigenvalue weighted by molar-refractivity contribution is -0.128. The molecular formula is C17H21F2N5O2S. The minimum absolute atomic E-state index is 0.0504. The highest BCUT2D eigenvalue weighted by Gasteiger charge is 2.18. The maximum absolute atomic E-state index is 12.4. The van der Waals surface area contributed by atoms with Crippen LogP contribution in [0.5, 0.6) is 5.75 Å². The number of carbonyl (C=O) groups excluding carboxylic acids is 1. The lowest BCUT2D eigenvalue weighted by Gasteiger charge is -2.19. The van der Waals surface area contributed by atoms with Crippen LogP contribution >= 0.6 is 11.8 Å². The highest BCUT2D eigenvalue weighted by Crippen LogP contribution is 2.24. The van der Waals surface area contributed by atoms with Crippen LogP contribution in [0.4, 0.5) is 8.78 Å². The number of halogens is 2. The number of nitrogens with two attached hydrogens (primary N) is 1. The molecule has 2 N–H and O–H groups in total. The van der Waals surface area contributed by atoms with Crippen LogP contribution in [0.3, 0.4) is 0 Å². The van der Waals surface area contributed by atoms with Crippen LogP contribution < -0.4 is 10.6 Å². The molecule has 7 nitrogen and oxygen atoms in total. The fourth-order valence-electron chi connectivity index (χ4n) is 2.90. The topological polar surface area (TPSA) is 86.3 Å². The van der Waals surface area contributed by atoms with E-state index in [-0.39, 0.29) is 17.4 Å². The van der Waals surface area contributed by atoms with Gasteiger partial charge in [-0.2, -0.15) is 8.78 Å². The van der Waals surface area contributed by atoms with Gasteiger partial charge in [0.25, 0.3) is 0 Å². The summed E-state index contributed by atoms with van der Waals surface area (Å²) in [7, 11) is 0. The number of aromatic nitrogens is 3. The number of nitrogen functional groups attached to an aromatic ring is 1. The zero-order valence-corrected chi connectivity index (χ0v) is 15.5. The van der Waals surface area contributed by atoms with Crippen molar-refractivity contribution in [2.24, 2.45) is 0 Å². The molecule has 2 heterocycles. The summed E-state index contributed by atoms with van der Waals surface area (Å²) in [5.74, 6) is 6.78. The summed E-state index contributed by atoms with van der Waals surface area (Å²) < 4.78 is 30.0. The number of amides is 1. The molecule has 0 unspecified atom stereocenters. The molecule has 1 aliphatic rings. The van der Waals surface area contributed by atoms with E-state index in [9.17, 15) is 13.6 Å². The number of nitrogens with zero attached hydrogens (tertiary/aromatic N) is 4. The molecule has 146 valence electrons. The Morgan fingerprint density at radius 1 is 1.15 bits per heavy atom. The van der Waals surface area contributed by atoms with E-state index in [2.05, 4.69) is 14.9 Å². The summed E-state index contributed by atoms with van der Waals surface area (Å²) in [6.45, 7) is -1.28. The van der Waals surface area contributed by atoms with E-state index in [0.717, 1.165) is 25.9 Å². The Morgan fingerprint density at radius 3 is 2.44 bits per heavy atom. The van der Waals surface area contributed by atoms with Gasteiger partial charge in [-0.05, 0) is 37.1 Å². The second kappa shape index (κ2) is 9.03. The van der Waals surface area contributed by atoms with Crippen molar-refractivity contribution in [1.29, 1.82) is 0 Å². The molecule has 1 amide bonds. The number of likely N-dealkylation sites (tertiary alicyclic amines) is 1. The molecule has 0 atom stereocenters. The maximum Gasteiger partial charge on any atom is 0.387 e. The van der Waals surface area contributed by atoms with Crippen LogP contribution in [0.25, 0.3) is 11.4 Å². The molecule has 0 bridgehead atoms. The predicted octanol–water partition coefficient (Wildman–Crippen LogP) is 2.76. The van der Waals surface area contributed by atoms with Crippen LogP contribution in [-0.2, 0) is 4.79 Å². The minimum Gasteiger partial charge on any atom is -0.435 e. The minimum atomic E-state index is -2.88. The van der Waals surface area contributed by atoms with Gasteiger partial charge in [-0.15, -0.1) is 10.2 Å². The molecular weight excluding hydrogens is 376 g/mol. The van der Waals surface area contributed by atoms with Crippen LogP contribution in [0.2, 0.25) is 0 Å². The third kappa shape index (κ3) is 5.09. The monoisotopic (exact) mass is 397 g/mol. The molecule has 1 aliphatic heterocycles. The third-order valence-electron chi connectivity index (χ3n) is 4.29. The fourth-order valence-corrected chi connectivity index (χ4v) is 3.65. The van der Waals surface area contributed by atoms with Gasteiger partial charge in [0.2, 0.25) is 11.1 Å². The Kier molecular flexibility index (Phi) is 6.49. The van der Waals surface area contributed by atoms with E-state index in [4.69, 9.17) is 5.84 Å². The van der Waals surface area contributed by atoms with Gasteiger partial charge >= 0.3 is 6.61 Å². The van der Waals surface area contributed by atoms with E-state index in [0.29, 0.717) is 16.5 Å². The molecule has 0 aliphatic carbocycles. The summed E-state index contributed by atoms with van der Waals surface area (Å²) >= 11 is 1.23. The van der Waals surface area contributed by atoms with Crippen molar-refractivity contribution >= 4 is 17.7 Å². The summed E-state index contributed by atoms with van der Waals surface area (Å²) in [6.07, 6.45) is 4.41. The van der Waals surface area contributed by atoms with Gasteiger partial charge in [-0.25, -0.2) is 4.68 Å². The number of hydrogen-bond acceptors (Lipinski definition) is 6. The van der Waals surface area contributed by atoms with Crippen LogP contribution in [0.15, 0.2) is 29.4 Å². The Morgan fingerprint density at radius 2 is 1.81 bits per heavy atom. The lowest BCUT2D eigenvalue weighted by atomic mass is 10.2. The van der Waals surface area contributed by atoms with E-state index in [1.807, 2.05) is 4.90 Å². The van der Waals surface area contributed by atoms with Gasteiger partial charge in [-0.1, -0.05) is 24.6 Å². The lowest BCUT2D eigenvalue weighted by Crippen LogP contribution is -2.33. The van der Waals surface area contributed by atoms with Gasteiger partial charge in [0.05, 0.1) is 5.75 Å². The highest BCUT2D eigenvalue weighted by atomic mass is 32.2. The summed E-state index contributed by atoms with van der Waals surface area (Å²) in [4.78, 5) is 14.3. The Bertz CT molecular complexity index is 761. The molecule has 1 saturated heterocycles. The molecule has 1 aromatic heterocycles. The number of thioether (sulfide) groups is 1. The number of ether oxygens (including phenoxy) is 1. The number of alkyl halides is 2. The van der Waals surface area contributed by atoms with E-state index in [1.54, 1.807) is 12.1 Å². The van der Waals surface area contributed by atoms with Crippen LogP contribution in [0, 0.1) is 0 Å². The molecule has 0 saturated carbocycles. The summed E-state index contributed by atoms with van der Waals surface area (Å²) in [5, 5.41) is 8.48. The van der Waals surface area contributed by atoms with Crippen molar-refractivity contribution in [2.75, 3.05) is 24.7 Å². The van der Waals surface area contributed by atoms with Crippen molar-refractivity contribution in [1.82, 2.24) is 19.8 Å². The number of benzene rings is 1. The van der Waals surface area contributed by atoms with Crippen LogP contribution in [0.1, 0.15) is 25.7 Å². The SMILES string of the molecule is Nn1c(SCC(=O)N2CCCCCC2)nnc1-c1ccc(OC(F)F)cc1. The predicted molar refractivity (Wildman–Crippen MR) is 98.0 cm³/mol. The first-order valence-corrected chi connectivity index (χ1v) is 9.69. The van der Waals surface area contributed by atoms with E-state index >= 15 is 0 Å². The molecule has 0 radical (unpaired) electrons. The molecule has 27 heavy (non-hydrogen) atoms. The van der Waals surface area contributed by atoms with Gasteiger partial charge in [0.1, 0.15) is 5.75 Å². The van der Waals surface area contributed by atoms with E-state index in [1.165, 1.54) is 41.4 Å². The quantitative estimate of drug-likeness (QED) is 0.596. The number of carbonyl (C=O) groups is 1. The largest absolute Gasteiger partial charge is 0.435 e. The van der Waals surface area contributed by atoms with Crippen molar-refractivity contribution in [2.45, 2.75) is 37.5 Å². The zero-order chi connectivity index (χ0) is 19.2. The molecule has 1 aromatic carbocycles. The number of hydrogen-bond donors (Lipinski definition) is 1. The summed E-state index contributed by atoms with van der Waals surface area (Å²) in [6, 6.07) is 5.96. The summed E-state index contributed by atoms with van der Waals surface area (Å²) in [5.41, 5.74) is 0.609. The molecule has 10 heteroatoms. The highest BCUT2D eigenvalue weighted by molar-refractivity contribution is 7.99. The van der Waals surface area contributed by atoms with Crippen molar-refractivity contribution in [3.8, 4) is 17.1 Å². The standard InChI is InChI=1S/C17H21F2N5O2S/c18-16(19)26-13-7-5-12(6-8-13)15-21-22-17(24(15)20)27-11-14(25)23-9-3-1-2-4-10-23/h5-8,16H,1-4,9-11,20H2. The van der Waals surface area contributed by atoms with Gasteiger partial charge in [0, 0.05) is 18.7 Å². The van der Waals surface area contributed by atoms with Gasteiger partial charge in [0.15, 0.2) is 5.82 Å². The maximum atomic E-state index is 12.4. The first-order chi connectivity index (χ1) is 13.0. The normalized spacial score (nSPS) is 15.0. The molecule has 3 rings (SSSR count). The smallest absolute Gasteiger partial charge is 0.387 e. The third-order valence-corrected chi connectivity index (χ3v) is 5.21. The van der Waals surface area contributed by atoms with Crippen molar-refractivity contribution in [3.63, 3.8) is 0 Å². The first kappa shape index (κ1) is 19.4. The molecule has 2 aromatic rings. The Hall–Kier alpha value is -2.36. The zero-order valence-electron chi connectivity index (χ0n) is 14.7. The molecule has 1 fully saturated rings. The van der Waals surface area contributed by atoms with Crippen molar-refractivity contribution < 1.29 is 18.3 Å². The second-order valence-electron chi connectivity index (χ2n) is 6.16. The average Bonchev–Trinajstić information content (AvgIpc) is 2.85. The van der Waals surface area contributed by atoms with Gasteiger partial charge < -0.3 is 15.5 Å². The second-order valence-corrected chi connectivity index (χ2v) is 7.11. The average molecular weight is 397 g/mol. The fraction of sp³-hybridized carbons (Fsp3) is 0.471. The first-order valence-electron chi connectivity index (χ1n) is 8.71. The van der Waals surface area contributed by atoms with Crippen LogP contribution in [-0.4, -0.2) is 51.1 Å². The Balaban J connectivity index is 1.62. The van der Waals surface area contributed by atoms with Crippen molar-refractivity contribution in [3.05, 3.63) is 24.3 Å². The van der Waals surface area contributed by atoms with Gasteiger partial charge in [-0.3, -0.25) is 4.79 Å². The number of rotatable bonds is 6.